The summed E-state index contributed by atoms with van der Waals surface area (Å²) in [6.45, 7) is 2.23. The molecule has 2 aromatic rings. The number of carbonyl (C=O) groups is 1. The van der Waals surface area contributed by atoms with Crippen LogP contribution in [-0.4, -0.2) is 15.7 Å². The fourth-order valence-corrected chi connectivity index (χ4v) is 1.55. The van der Waals surface area contributed by atoms with Gasteiger partial charge in [-0.25, -0.2) is 4.39 Å². The number of aromatic nitrogens is 2. The van der Waals surface area contributed by atoms with Crippen molar-refractivity contribution in [3.8, 4) is 0 Å². The summed E-state index contributed by atoms with van der Waals surface area (Å²) < 4.78 is 14.3. The van der Waals surface area contributed by atoms with Crippen molar-refractivity contribution in [3.63, 3.8) is 0 Å². The molecule has 0 saturated heterocycles. The van der Waals surface area contributed by atoms with Gasteiger partial charge in [-0.2, -0.15) is 5.10 Å². The Morgan fingerprint density at radius 1 is 1.39 bits per heavy atom. The molecule has 0 aliphatic carbocycles. The molecule has 1 N–H and O–H groups in total. The summed E-state index contributed by atoms with van der Waals surface area (Å²) in [5.74, 6) is -0.520. The summed E-state index contributed by atoms with van der Waals surface area (Å²) in [7, 11) is 1.78. The number of hydrogen-bond donors (Lipinski definition) is 1. The summed E-state index contributed by atoms with van der Waals surface area (Å²) in [4.78, 5) is 11.8. The Kier molecular flexibility index (Phi) is 3.41. The Morgan fingerprint density at radius 3 is 2.61 bits per heavy atom. The molecule has 1 aromatic carbocycles. The molecule has 0 radical (unpaired) electrons. The van der Waals surface area contributed by atoms with Crippen LogP contribution in [0.2, 0.25) is 0 Å². The third-order valence-electron chi connectivity index (χ3n) is 2.71. The first-order valence-electron chi connectivity index (χ1n) is 5.59. The standard InChI is InChI=1S/C13H14FN3O/c1-9-7-12(16-17(9)2)13(18)15-8-10-3-5-11(14)6-4-10/h3-7H,8H2,1-2H3,(H,15,18). The first kappa shape index (κ1) is 12.3. The Morgan fingerprint density at radius 2 is 2.06 bits per heavy atom. The zero-order valence-corrected chi connectivity index (χ0v) is 10.3. The summed E-state index contributed by atoms with van der Waals surface area (Å²) in [6, 6.07) is 7.73. The molecule has 5 heteroatoms. The van der Waals surface area contributed by atoms with Crippen LogP contribution in [0.5, 0.6) is 0 Å². The third-order valence-corrected chi connectivity index (χ3v) is 2.71. The number of benzene rings is 1. The van der Waals surface area contributed by atoms with Crippen molar-refractivity contribution in [2.24, 2.45) is 7.05 Å². The molecular weight excluding hydrogens is 233 g/mol. The van der Waals surface area contributed by atoms with Crippen LogP contribution in [0.3, 0.4) is 0 Å². The van der Waals surface area contributed by atoms with Crippen molar-refractivity contribution in [3.05, 3.63) is 53.1 Å². The predicted octanol–water partition coefficient (Wildman–Crippen LogP) is 1.80. The summed E-state index contributed by atoms with van der Waals surface area (Å²) in [5.41, 5.74) is 2.15. The van der Waals surface area contributed by atoms with Crippen LogP contribution in [0.25, 0.3) is 0 Å². The van der Waals surface area contributed by atoms with Gasteiger partial charge in [0.2, 0.25) is 0 Å². The fraction of sp³-hybridized carbons (Fsp3) is 0.231. The molecule has 18 heavy (non-hydrogen) atoms. The lowest BCUT2D eigenvalue weighted by Crippen LogP contribution is -2.23. The second kappa shape index (κ2) is 5.00. The summed E-state index contributed by atoms with van der Waals surface area (Å²) in [5, 5.41) is 6.82. The average molecular weight is 247 g/mol. The van der Waals surface area contributed by atoms with E-state index < -0.39 is 0 Å². The van der Waals surface area contributed by atoms with Gasteiger partial charge < -0.3 is 5.32 Å². The first-order chi connectivity index (χ1) is 8.56. The van der Waals surface area contributed by atoms with Gasteiger partial charge in [-0.05, 0) is 30.7 Å². The van der Waals surface area contributed by atoms with Crippen molar-refractivity contribution in [1.82, 2.24) is 15.1 Å². The topological polar surface area (TPSA) is 46.9 Å². The third kappa shape index (κ3) is 2.74. The molecule has 0 spiro atoms. The van der Waals surface area contributed by atoms with Gasteiger partial charge in [0.1, 0.15) is 11.5 Å². The van der Waals surface area contributed by atoms with E-state index >= 15 is 0 Å². The van der Waals surface area contributed by atoms with Crippen LogP contribution in [0.15, 0.2) is 30.3 Å². The average Bonchev–Trinajstić information content (AvgIpc) is 2.69. The number of hydrogen-bond acceptors (Lipinski definition) is 2. The van der Waals surface area contributed by atoms with Crippen molar-refractivity contribution in [2.75, 3.05) is 0 Å². The Labute approximate surface area is 104 Å². The van der Waals surface area contributed by atoms with E-state index in [0.29, 0.717) is 12.2 Å². The van der Waals surface area contributed by atoms with Crippen LogP contribution in [0, 0.1) is 12.7 Å². The smallest absolute Gasteiger partial charge is 0.272 e. The minimum atomic E-state index is -0.287. The highest BCUT2D eigenvalue weighted by Gasteiger charge is 2.10. The Balaban J connectivity index is 1.98. The van der Waals surface area contributed by atoms with Gasteiger partial charge in [0.05, 0.1) is 0 Å². The largest absolute Gasteiger partial charge is 0.347 e. The quantitative estimate of drug-likeness (QED) is 0.899. The predicted molar refractivity (Wildman–Crippen MR) is 65.5 cm³/mol. The Hall–Kier alpha value is -2.17. The molecule has 1 heterocycles. The highest BCUT2D eigenvalue weighted by Crippen LogP contribution is 2.04. The Bertz CT molecular complexity index is 541. The number of nitrogens with one attached hydrogen (secondary N) is 1. The van der Waals surface area contributed by atoms with Gasteiger partial charge in [-0.3, -0.25) is 9.48 Å². The van der Waals surface area contributed by atoms with Crippen LogP contribution in [0.4, 0.5) is 4.39 Å². The molecule has 0 bridgehead atoms. The van der Waals surface area contributed by atoms with Gasteiger partial charge in [0.25, 0.3) is 5.91 Å². The maximum atomic E-state index is 12.7. The molecular formula is C13H14FN3O. The zero-order valence-electron chi connectivity index (χ0n) is 10.3. The molecule has 0 unspecified atom stereocenters. The van der Waals surface area contributed by atoms with Crippen LogP contribution >= 0.6 is 0 Å². The fourth-order valence-electron chi connectivity index (χ4n) is 1.55. The van der Waals surface area contributed by atoms with Crippen molar-refractivity contribution >= 4 is 5.91 Å². The van der Waals surface area contributed by atoms with Gasteiger partial charge in [-0.1, -0.05) is 12.1 Å². The van der Waals surface area contributed by atoms with E-state index in [2.05, 4.69) is 10.4 Å². The number of carbonyl (C=O) groups excluding carboxylic acids is 1. The monoisotopic (exact) mass is 247 g/mol. The van der Waals surface area contributed by atoms with Crippen molar-refractivity contribution in [2.45, 2.75) is 13.5 Å². The van der Waals surface area contributed by atoms with Crippen LogP contribution < -0.4 is 5.32 Å². The molecule has 2 rings (SSSR count). The van der Waals surface area contributed by atoms with Crippen molar-refractivity contribution in [1.29, 1.82) is 0 Å². The van der Waals surface area contributed by atoms with Gasteiger partial charge >= 0.3 is 0 Å². The maximum absolute atomic E-state index is 12.7. The van der Waals surface area contributed by atoms with Crippen molar-refractivity contribution < 1.29 is 9.18 Å². The van der Waals surface area contributed by atoms with E-state index in [9.17, 15) is 9.18 Å². The molecule has 4 nitrogen and oxygen atoms in total. The number of halogens is 1. The molecule has 1 aromatic heterocycles. The highest BCUT2D eigenvalue weighted by atomic mass is 19.1. The molecule has 1 amide bonds. The summed E-state index contributed by atoms with van der Waals surface area (Å²) >= 11 is 0. The maximum Gasteiger partial charge on any atom is 0.272 e. The molecule has 94 valence electrons. The van der Waals surface area contributed by atoms with Crippen LogP contribution in [-0.2, 0) is 13.6 Å². The first-order valence-corrected chi connectivity index (χ1v) is 5.59. The van der Waals surface area contributed by atoms with Gasteiger partial charge in [0, 0.05) is 19.3 Å². The zero-order chi connectivity index (χ0) is 13.1. The second-order valence-electron chi connectivity index (χ2n) is 4.10. The normalized spacial score (nSPS) is 10.4. The molecule has 0 fully saturated rings. The molecule has 0 aliphatic heterocycles. The molecule has 0 saturated carbocycles. The van der Waals surface area contributed by atoms with E-state index in [1.165, 1.54) is 12.1 Å². The second-order valence-corrected chi connectivity index (χ2v) is 4.10. The lowest BCUT2D eigenvalue weighted by molar-refractivity contribution is 0.0945. The van der Waals surface area contributed by atoms with E-state index in [1.807, 2.05) is 6.92 Å². The summed E-state index contributed by atoms with van der Waals surface area (Å²) in [6.07, 6.45) is 0. The van der Waals surface area contributed by atoms with E-state index in [0.717, 1.165) is 11.3 Å². The van der Waals surface area contributed by atoms with Gasteiger partial charge in [0.15, 0.2) is 0 Å². The van der Waals surface area contributed by atoms with Crippen LogP contribution in [0.1, 0.15) is 21.7 Å². The highest BCUT2D eigenvalue weighted by molar-refractivity contribution is 5.92. The number of aryl methyl sites for hydroxylation is 2. The minimum Gasteiger partial charge on any atom is -0.347 e. The van der Waals surface area contributed by atoms with E-state index in [4.69, 9.17) is 0 Å². The lowest BCUT2D eigenvalue weighted by Gasteiger charge is -2.03. The minimum absolute atomic E-state index is 0.233. The number of amides is 1. The molecule has 0 atom stereocenters. The molecule has 0 aliphatic rings. The lowest BCUT2D eigenvalue weighted by atomic mass is 10.2. The van der Waals surface area contributed by atoms with E-state index in [-0.39, 0.29) is 11.7 Å². The number of nitrogens with zero attached hydrogens (tertiary/aromatic N) is 2. The van der Waals surface area contributed by atoms with Gasteiger partial charge in [-0.15, -0.1) is 0 Å². The SMILES string of the molecule is Cc1cc(C(=O)NCc2ccc(F)cc2)nn1C. The van der Waals surface area contributed by atoms with E-state index in [1.54, 1.807) is 29.9 Å². The number of rotatable bonds is 3.